The lowest BCUT2D eigenvalue weighted by molar-refractivity contribution is -0.130. The van der Waals surface area contributed by atoms with Gasteiger partial charge in [0.25, 0.3) is 5.91 Å². The van der Waals surface area contributed by atoms with Gasteiger partial charge >= 0.3 is 0 Å². The number of aryl methyl sites for hydroxylation is 2. The van der Waals surface area contributed by atoms with Gasteiger partial charge in [-0.1, -0.05) is 66.4 Å². The van der Waals surface area contributed by atoms with Crippen LogP contribution in [0.25, 0.3) is 0 Å². The fraction of sp³-hybridized carbons (Fsp3) is 0.375. The number of hydrazone groups is 1. The molecule has 2 heterocycles. The van der Waals surface area contributed by atoms with Crippen LogP contribution in [0.4, 0.5) is 0 Å². The number of nitrogens with zero attached hydrogens (tertiary/aromatic N) is 3. The van der Waals surface area contributed by atoms with Gasteiger partial charge in [-0.15, -0.1) is 0 Å². The number of hydrogen-bond acceptors (Lipinski definition) is 5. The summed E-state index contributed by atoms with van der Waals surface area (Å²) in [6.45, 7) is 7.14. The van der Waals surface area contributed by atoms with E-state index in [2.05, 4.69) is 49.1 Å². The molecule has 2 aromatic rings. The Balaban J connectivity index is 1.52. The van der Waals surface area contributed by atoms with Crippen LogP contribution in [0.3, 0.4) is 0 Å². The molecule has 0 saturated carbocycles. The Labute approximate surface area is 193 Å². The molecule has 0 radical (unpaired) electrons. The number of ether oxygens (including phenoxy) is 1. The van der Waals surface area contributed by atoms with Crippen molar-refractivity contribution >= 4 is 39.9 Å². The average Bonchev–Trinajstić information content (AvgIpc) is 3.26. The maximum absolute atomic E-state index is 13.2. The van der Waals surface area contributed by atoms with Gasteiger partial charge in [0.1, 0.15) is 4.32 Å². The van der Waals surface area contributed by atoms with Crippen LogP contribution in [-0.4, -0.2) is 57.9 Å². The van der Waals surface area contributed by atoms with E-state index in [1.807, 2.05) is 18.2 Å². The molecule has 1 saturated heterocycles. The van der Waals surface area contributed by atoms with E-state index in [0.717, 1.165) is 34.2 Å². The summed E-state index contributed by atoms with van der Waals surface area (Å²) in [5.74, 6) is 0.261. The molecule has 7 heteroatoms. The zero-order chi connectivity index (χ0) is 21.8. The molecule has 1 fully saturated rings. The number of carbonyl (C=O) groups is 1. The van der Waals surface area contributed by atoms with E-state index in [4.69, 9.17) is 22.1 Å². The van der Waals surface area contributed by atoms with Crippen LogP contribution in [0.2, 0.25) is 0 Å². The molecule has 2 aromatic carbocycles. The first-order valence-electron chi connectivity index (χ1n) is 10.5. The fourth-order valence-electron chi connectivity index (χ4n) is 3.80. The third kappa shape index (κ3) is 5.17. The van der Waals surface area contributed by atoms with E-state index >= 15 is 0 Å². The highest BCUT2D eigenvalue weighted by molar-refractivity contribution is 8.23. The molecular formula is C24H27N3O2S2. The van der Waals surface area contributed by atoms with Crippen molar-refractivity contribution in [1.29, 1.82) is 0 Å². The van der Waals surface area contributed by atoms with Gasteiger partial charge in [-0.2, -0.15) is 5.10 Å². The van der Waals surface area contributed by atoms with Crippen molar-refractivity contribution in [3.8, 4) is 0 Å². The Morgan fingerprint density at radius 3 is 2.58 bits per heavy atom. The lowest BCUT2D eigenvalue weighted by atomic mass is 9.96. The molecule has 1 unspecified atom stereocenters. The largest absolute Gasteiger partial charge is 0.378 e. The molecule has 2 aliphatic heterocycles. The number of thioether (sulfide) groups is 1. The Hall–Kier alpha value is -2.22. The second kappa shape index (κ2) is 9.94. The molecule has 1 amide bonds. The molecule has 162 valence electrons. The molecule has 0 bridgehead atoms. The maximum atomic E-state index is 13.2. The Morgan fingerprint density at radius 2 is 1.87 bits per heavy atom. The summed E-state index contributed by atoms with van der Waals surface area (Å²) in [4.78, 5) is 15.3. The van der Waals surface area contributed by atoms with Gasteiger partial charge < -0.3 is 9.64 Å². The van der Waals surface area contributed by atoms with Crippen LogP contribution in [-0.2, 0) is 9.53 Å². The number of hydrogen-bond donors (Lipinski definition) is 0. The van der Waals surface area contributed by atoms with Crippen LogP contribution in [0.15, 0.2) is 53.6 Å². The summed E-state index contributed by atoms with van der Waals surface area (Å²) >= 11 is 6.96. The highest BCUT2D eigenvalue weighted by Crippen LogP contribution is 2.33. The maximum Gasteiger partial charge on any atom is 0.253 e. The van der Waals surface area contributed by atoms with Crippen LogP contribution in [0.5, 0.6) is 0 Å². The van der Waals surface area contributed by atoms with Gasteiger partial charge in [0.2, 0.25) is 0 Å². The second-order valence-electron chi connectivity index (χ2n) is 7.87. The predicted molar refractivity (Wildman–Crippen MR) is 131 cm³/mol. The lowest BCUT2D eigenvalue weighted by Gasteiger charge is -2.29. The van der Waals surface area contributed by atoms with E-state index in [9.17, 15) is 4.79 Å². The highest BCUT2D eigenvalue weighted by atomic mass is 32.2. The van der Waals surface area contributed by atoms with Gasteiger partial charge in [0.05, 0.1) is 30.7 Å². The topological polar surface area (TPSA) is 45.1 Å². The number of amides is 1. The van der Waals surface area contributed by atoms with Crippen molar-refractivity contribution in [2.45, 2.75) is 26.3 Å². The Kier molecular flexibility index (Phi) is 7.05. The minimum atomic E-state index is -0.0946. The van der Waals surface area contributed by atoms with Crippen molar-refractivity contribution in [2.75, 3.05) is 32.1 Å². The summed E-state index contributed by atoms with van der Waals surface area (Å²) in [6.07, 6.45) is 0.705. The van der Waals surface area contributed by atoms with Crippen molar-refractivity contribution in [2.24, 2.45) is 5.10 Å². The minimum Gasteiger partial charge on any atom is -0.378 e. The molecule has 1 atom stereocenters. The van der Waals surface area contributed by atoms with Crippen LogP contribution in [0.1, 0.15) is 34.7 Å². The van der Waals surface area contributed by atoms with Gasteiger partial charge in [0, 0.05) is 19.5 Å². The van der Waals surface area contributed by atoms with Crippen molar-refractivity contribution in [3.63, 3.8) is 0 Å². The summed E-state index contributed by atoms with van der Waals surface area (Å²) in [5.41, 5.74) is 5.61. The van der Waals surface area contributed by atoms with E-state index in [1.54, 1.807) is 5.01 Å². The molecule has 0 spiro atoms. The molecule has 0 N–H and O–H groups in total. The molecular weight excluding hydrogens is 426 g/mol. The number of benzene rings is 2. The molecule has 0 aromatic heterocycles. The molecule has 5 nitrogen and oxygen atoms in total. The zero-order valence-electron chi connectivity index (χ0n) is 17.9. The standard InChI is InChI=1S/C24H27N3O2S2/c1-17-8-9-20(14-18(17)2)21-15-22(19-6-4-3-5-7-19)27(25-21)23(28)16-31-24(30)26-10-12-29-13-11-26/h3-9,14,22H,10-13,15-16H2,1-2H3. The third-order valence-electron chi connectivity index (χ3n) is 5.78. The van der Waals surface area contributed by atoms with Gasteiger partial charge in [0.15, 0.2) is 0 Å². The summed E-state index contributed by atoms with van der Waals surface area (Å²) in [6, 6.07) is 16.4. The van der Waals surface area contributed by atoms with Gasteiger partial charge in [-0.3, -0.25) is 4.79 Å². The summed E-state index contributed by atoms with van der Waals surface area (Å²) < 4.78 is 6.14. The third-order valence-corrected chi connectivity index (χ3v) is 7.29. The first kappa shape index (κ1) is 22.0. The van der Waals surface area contributed by atoms with Crippen LogP contribution >= 0.6 is 24.0 Å². The fourth-order valence-corrected chi connectivity index (χ4v) is 4.90. The van der Waals surface area contributed by atoms with Crippen LogP contribution in [0, 0.1) is 13.8 Å². The highest BCUT2D eigenvalue weighted by Gasteiger charge is 2.33. The number of thiocarbonyl (C=S) groups is 1. The van der Waals surface area contributed by atoms with E-state index in [1.165, 1.54) is 22.9 Å². The molecule has 2 aliphatic rings. The van der Waals surface area contributed by atoms with E-state index in [0.29, 0.717) is 19.6 Å². The molecule has 4 rings (SSSR count). The summed E-state index contributed by atoms with van der Waals surface area (Å²) in [7, 11) is 0. The number of carbonyl (C=O) groups excluding carboxylic acids is 1. The van der Waals surface area contributed by atoms with Crippen LogP contribution < -0.4 is 0 Å². The second-order valence-corrected chi connectivity index (χ2v) is 9.48. The quantitative estimate of drug-likeness (QED) is 0.645. The SMILES string of the molecule is Cc1ccc(C2=NN(C(=O)CSC(=S)N3CCOCC3)C(c3ccccc3)C2)cc1C. The number of morpholine rings is 1. The molecule has 0 aliphatic carbocycles. The molecule has 31 heavy (non-hydrogen) atoms. The average molecular weight is 454 g/mol. The monoisotopic (exact) mass is 453 g/mol. The first-order chi connectivity index (χ1) is 15.0. The van der Waals surface area contributed by atoms with Crippen molar-refractivity contribution < 1.29 is 9.53 Å². The van der Waals surface area contributed by atoms with Crippen molar-refractivity contribution in [3.05, 3.63) is 70.8 Å². The van der Waals surface area contributed by atoms with E-state index in [-0.39, 0.29) is 17.7 Å². The van der Waals surface area contributed by atoms with Gasteiger partial charge in [-0.05, 0) is 42.2 Å². The summed E-state index contributed by atoms with van der Waals surface area (Å²) in [5, 5.41) is 6.45. The van der Waals surface area contributed by atoms with Gasteiger partial charge in [-0.25, -0.2) is 5.01 Å². The normalized spacial score (nSPS) is 18.8. The van der Waals surface area contributed by atoms with Crippen molar-refractivity contribution in [1.82, 2.24) is 9.91 Å². The zero-order valence-corrected chi connectivity index (χ0v) is 19.5. The number of rotatable bonds is 4. The smallest absolute Gasteiger partial charge is 0.253 e. The lowest BCUT2D eigenvalue weighted by Crippen LogP contribution is -2.39. The minimum absolute atomic E-state index is 0.0201. The van der Waals surface area contributed by atoms with E-state index < -0.39 is 0 Å². The predicted octanol–water partition coefficient (Wildman–Crippen LogP) is 4.33. The first-order valence-corrected chi connectivity index (χ1v) is 11.9. The Morgan fingerprint density at radius 1 is 1.13 bits per heavy atom. The Bertz CT molecular complexity index is 988.